The number of nitrogens with one attached hydrogen (secondary N) is 2. The Labute approximate surface area is 208 Å². The Morgan fingerprint density at radius 1 is 0.861 bits per heavy atom. The standard InChI is InChI=1S/C29H25N5O2/c1-19-22(28(35)30-2)14-9-15-25(19)33-29(36)23-16-26(21-12-7-4-8-13-21)32-27-24(23)17-31-34(27)18-20-10-5-3-6-11-20/h3-17H,18H2,1-2H3,(H,30,35)(H,33,36). The molecule has 178 valence electrons. The third-order valence-electron chi connectivity index (χ3n) is 6.15. The smallest absolute Gasteiger partial charge is 0.256 e. The van der Waals surface area contributed by atoms with Crippen molar-refractivity contribution in [1.29, 1.82) is 0 Å². The van der Waals surface area contributed by atoms with E-state index in [4.69, 9.17) is 4.98 Å². The predicted octanol–water partition coefficient (Wildman–Crippen LogP) is 5.07. The van der Waals surface area contributed by atoms with Gasteiger partial charge < -0.3 is 10.6 Å². The van der Waals surface area contributed by atoms with Crippen molar-refractivity contribution in [3.05, 3.63) is 113 Å². The van der Waals surface area contributed by atoms with Crippen LogP contribution >= 0.6 is 0 Å². The highest BCUT2D eigenvalue weighted by atomic mass is 16.2. The van der Waals surface area contributed by atoms with E-state index < -0.39 is 0 Å². The zero-order chi connectivity index (χ0) is 25.1. The lowest BCUT2D eigenvalue weighted by Gasteiger charge is -2.13. The largest absolute Gasteiger partial charge is 0.355 e. The molecular formula is C29H25N5O2. The van der Waals surface area contributed by atoms with Gasteiger partial charge in [-0.3, -0.25) is 9.59 Å². The Morgan fingerprint density at radius 2 is 1.58 bits per heavy atom. The van der Waals surface area contributed by atoms with Crippen LogP contribution in [0.5, 0.6) is 0 Å². The SMILES string of the molecule is CNC(=O)c1cccc(NC(=O)c2cc(-c3ccccc3)nc3c2cnn3Cc2ccccc2)c1C. The first-order valence-corrected chi connectivity index (χ1v) is 11.6. The molecule has 36 heavy (non-hydrogen) atoms. The fourth-order valence-corrected chi connectivity index (χ4v) is 4.21. The summed E-state index contributed by atoms with van der Waals surface area (Å²) >= 11 is 0. The summed E-state index contributed by atoms with van der Waals surface area (Å²) in [7, 11) is 1.58. The van der Waals surface area contributed by atoms with E-state index in [-0.39, 0.29) is 11.8 Å². The van der Waals surface area contributed by atoms with Crippen LogP contribution in [0.15, 0.2) is 91.1 Å². The summed E-state index contributed by atoms with van der Waals surface area (Å²) in [6.07, 6.45) is 1.68. The molecule has 2 heterocycles. The highest BCUT2D eigenvalue weighted by Crippen LogP contribution is 2.27. The average molecular weight is 476 g/mol. The third-order valence-corrected chi connectivity index (χ3v) is 6.15. The Morgan fingerprint density at radius 3 is 2.31 bits per heavy atom. The third kappa shape index (κ3) is 4.46. The lowest BCUT2D eigenvalue weighted by Crippen LogP contribution is -2.20. The van der Waals surface area contributed by atoms with Crippen molar-refractivity contribution in [3.63, 3.8) is 0 Å². The van der Waals surface area contributed by atoms with Crippen LogP contribution in [0.1, 0.15) is 31.8 Å². The summed E-state index contributed by atoms with van der Waals surface area (Å²) in [5.41, 5.74) is 5.53. The monoisotopic (exact) mass is 475 g/mol. The number of pyridine rings is 1. The summed E-state index contributed by atoms with van der Waals surface area (Å²) in [5, 5.41) is 10.8. The van der Waals surface area contributed by atoms with Crippen LogP contribution in [-0.2, 0) is 6.54 Å². The molecule has 0 saturated carbocycles. The fraction of sp³-hybridized carbons (Fsp3) is 0.103. The molecule has 2 aromatic heterocycles. The number of amides is 2. The van der Waals surface area contributed by atoms with Gasteiger partial charge in [0.25, 0.3) is 11.8 Å². The van der Waals surface area contributed by atoms with Gasteiger partial charge in [-0.05, 0) is 36.2 Å². The minimum atomic E-state index is -0.295. The second-order valence-electron chi connectivity index (χ2n) is 8.46. The molecule has 5 aromatic rings. The van der Waals surface area contributed by atoms with Gasteiger partial charge in [0.05, 0.1) is 29.4 Å². The van der Waals surface area contributed by atoms with Crippen molar-refractivity contribution in [3.8, 4) is 11.3 Å². The van der Waals surface area contributed by atoms with Gasteiger partial charge >= 0.3 is 0 Å². The first-order valence-electron chi connectivity index (χ1n) is 11.6. The number of aromatic nitrogens is 3. The van der Waals surface area contributed by atoms with Crippen LogP contribution in [0.3, 0.4) is 0 Å². The van der Waals surface area contributed by atoms with E-state index in [2.05, 4.69) is 15.7 Å². The van der Waals surface area contributed by atoms with Gasteiger partial charge in [0.15, 0.2) is 5.65 Å². The lowest BCUT2D eigenvalue weighted by atomic mass is 10.0. The summed E-state index contributed by atoms with van der Waals surface area (Å²) in [6, 6.07) is 26.8. The van der Waals surface area contributed by atoms with Crippen molar-refractivity contribution < 1.29 is 9.59 Å². The molecule has 3 aromatic carbocycles. The number of nitrogens with zero attached hydrogens (tertiary/aromatic N) is 3. The van der Waals surface area contributed by atoms with Gasteiger partial charge in [0, 0.05) is 23.9 Å². The Balaban J connectivity index is 1.59. The van der Waals surface area contributed by atoms with Crippen LogP contribution in [0.4, 0.5) is 5.69 Å². The number of hydrogen-bond donors (Lipinski definition) is 2. The number of fused-ring (bicyclic) bond motifs is 1. The van der Waals surface area contributed by atoms with Gasteiger partial charge in [-0.2, -0.15) is 5.10 Å². The summed E-state index contributed by atoms with van der Waals surface area (Å²) in [5.74, 6) is -0.501. The maximum atomic E-state index is 13.6. The molecule has 0 fully saturated rings. The summed E-state index contributed by atoms with van der Waals surface area (Å²) in [4.78, 5) is 30.7. The number of benzene rings is 3. The number of hydrogen-bond acceptors (Lipinski definition) is 4. The minimum absolute atomic E-state index is 0.205. The zero-order valence-corrected chi connectivity index (χ0v) is 20.0. The molecule has 7 heteroatoms. The molecule has 0 bridgehead atoms. The van der Waals surface area contributed by atoms with Crippen molar-refractivity contribution in [2.24, 2.45) is 0 Å². The molecule has 0 atom stereocenters. The molecule has 0 radical (unpaired) electrons. The van der Waals surface area contributed by atoms with Gasteiger partial charge in [0.2, 0.25) is 0 Å². The predicted molar refractivity (Wildman–Crippen MR) is 141 cm³/mol. The quantitative estimate of drug-likeness (QED) is 0.359. The molecule has 2 N–H and O–H groups in total. The van der Waals surface area contributed by atoms with E-state index in [1.54, 1.807) is 37.5 Å². The number of carbonyl (C=O) groups is 2. The molecule has 0 saturated heterocycles. The van der Waals surface area contributed by atoms with E-state index in [1.165, 1.54) is 0 Å². The van der Waals surface area contributed by atoms with Gasteiger partial charge in [-0.1, -0.05) is 66.7 Å². The van der Waals surface area contributed by atoms with E-state index in [0.717, 1.165) is 11.1 Å². The Hall–Kier alpha value is -4.78. The average Bonchev–Trinajstić information content (AvgIpc) is 3.32. The number of carbonyl (C=O) groups excluding carboxylic acids is 2. The van der Waals surface area contributed by atoms with Crippen LogP contribution < -0.4 is 10.6 Å². The first-order chi connectivity index (χ1) is 17.5. The Bertz CT molecular complexity index is 1560. The van der Waals surface area contributed by atoms with Crippen molar-refractivity contribution in [2.45, 2.75) is 13.5 Å². The molecular weight excluding hydrogens is 450 g/mol. The second-order valence-corrected chi connectivity index (χ2v) is 8.46. The molecule has 2 amide bonds. The Kier molecular flexibility index (Phi) is 6.28. The van der Waals surface area contributed by atoms with Crippen LogP contribution in [0.25, 0.3) is 22.3 Å². The molecule has 0 aliphatic heterocycles. The van der Waals surface area contributed by atoms with Gasteiger partial charge in [-0.25, -0.2) is 9.67 Å². The van der Waals surface area contributed by atoms with E-state index >= 15 is 0 Å². The van der Waals surface area contributed by atoms with Gasteiger partial charge in [-0.15, -0.1) is 0 Å². The van der Waals surface area contributed by atoms with E-state index in [1.807, 2.05) is 72.3 Å². The molecule has 7 nitrogen and oxygen atoms in total. The first kappa shape index (κ1) is 23.0. The molecule has 0 unspecified atom stereocenters. The molecule has 5 rings (SSSR count). The van der Waals surface area contributed by atoms with E-state index in [9.17, 15) is 9.59 Å². The maximum Gasteiger partial charge on any atom is 0.256 e. The van der Waals surface area contributed by atoms with Crippen LogP contribution in [0, 0.1) is 6.92 Å². The normalized spacial score (nSPS) is 10.8. The van der Waals surface area contributed by atoms with Crippen LogP contribution in [0.2, 0.25) is 0 Å². The van der Waals surface area contributed by atoms with Gasteiger partial charge in [0.1, 0.15) is 0 Å². The molecule has 0 spiro atoms. The maximum absolute atomic E-state index is 13.6. The minimum Gasteiger partial charge on any atom is -0.355 e. The topological polar surface area (TPSA) is 88.9 Å². The zero-order valence-electron chi connectivity index (χ0n) is 20.0. The van der Waals surface area contributed by atoms with Crippen molar-refractivity contribution in [1.82, 2.24) is 20.1 Å². The molecule has 0 aliphatic carbocycles. The van der Waals surface area contributed by atoms with E-state index in [0.29, 0.717) is 45.6 Å². The van der Waals surface area contributed by atoms with Crippen LogP contribution in [-0.4, -0.2) is 33.6 Å². The van der Waals surface area contributed by atoms with Crippen molar-refractivity contribution in [2.75, 3.05) is 12.4 Å². The number of rotatable bonds is 6. The molecule has 0 aliphatic rings. The lowest BCUT2D eigenvalue weighted by molar-refractivity contribution is 0.0960. The summed E-state index contributed by atoms with van der Waals surface area (Å²) < 4.78 is 1.81. The highest BCUT2D eigenvalue weighted by Gasteiger charge is 2.19. The highest BCUT2D eigenvalue weighted by molar-refractivity contribution is 6.13. The summed E-state index contributed by atoms with van der Waals surface area (Å²) in [6.45, 7) is 2.35. The fourth-order valence-electron chi connectivity index (χ4n) is 4.21. The van der Waals surface area contributed by atoms with Crippen molar-refractivity contribution >= 4 is 28.5 Å². The second kappa shape index (κ2) is 9.84. The number of anilines is 1.